The Kier molecular flexibility index (Phi) is 5.37. The van der Waals surface area contributed by atoms with Crippen molar-refractivity contribution in [2.45, 2.75) is 6.92 Å². The second-order valence-corrected chi connectivity index (χ2v) is 5.43. The zero-order valence-electron chi connectivity index (χ0n) is 12.5. The number of nitrogens with one attached hydrogen (secondary N) is 1. The number of aromatic nitrogens is 1. The normalized spacial score (nSPS) is 10.6. The summed E-state index contributed by atoms with van der Waals surface area (Å²) < 4.78 is 11.1. The minimum absolute atomic E-state index is 0.414. The Hall–Kier alpha value is -2.54. The molecule has 0 aliphatic carbocycles. The number of hydrogen-bond donors (Lipinski definition) is 2. The number of hydrogen-bond acceptors (Lipinski definition) is 7. The fourth-order valence-electron chi connectivity index (χ4n) is 1.64. The van der Waals surface area contributed by atoms with Crippen LogP contribution in [0.5, 0.6) is 11.5 Å². The van der Waals surface area contributed by atoms with Crippen LogP contribution in [0.2, 0.25) is 0 Å². The Balaban J connectivity index is 2.16. The Bertz CT molecular complexity index is 682. The number of para-hydroxylation sites is 1. The minimum Gasteiger partial charge on any atom is -0.493 e. The number of hydrazone groups is 1. The molecule has 1 aromatic carbocycles. The molecule has 116 valence electrons. The molecule has 0 bridgehead atoms. The lowest BCUT2D eigenvalue weighted by Crippen LogP contribution is -2.03. The van der Waals surface area contributed by atoms with Gasteiger partial charge in [0.05, 0.1) is 13.3 Å². The molecule has 0 fully saturated rings. The summed E-state index contributed by atoms with van der Waals surface area (Å²) >= 11 is 1.38. The summed E-state index contributed by atoms with van der Waals surface area (Å²) in [6.07, 6.45) is 1.65. The molecule has 0 unspecified atom stereocenters. The smallest absolute Gasteiger partial charge is 0.205 e. The van der Waals surface area contributed by atoms with E-state index in [-0.39, 0.29) is 0 Å². The third kappa shape index (κ3) is 4.23. The molecule has 6 nitrogen and oxygen atoms in total. The average molecular weight is 318 g/mol. The molecule has 0 atom stereocenters. The van der Waals surface area contributed by atoms with Gasteiger partial charge in [-0.1, -0.05) is 12.6 Å². The highest BCUT2D eigenvalue weighted by atomic mass is 32.1. The van der Waals surface area contributed by atoms with Gasteiger partial charge in [-0.05, 0) is 24.6 Å². The molecular weight excluding hydrogens is 300 g/mol. The van der Waals surface area contributed by atoms with Crippen LogP contribution in [-0.4, -0.2) is 24.9 Å². The first kappa shape index (κ1) is 15.8. The summed E-state index contributed by atoms with van der Waals surface area (Å²) in [5.41, 5.74) is 10.1. The molecule has 0 saturated heterocycles. The zero-order valence-corrected chi connectivity index (χ0v) is 13.3. The number of methoxy groups -OCH3 is 1. The lowest BCUT2D eigenvalue weighted by Gasteiger charge is -2.12. The third-order valence-corrected chi connectivity index (χ3v) is 3.34. The lowest BCUT2D eigenvalue weighted by atomic mass is 10.2. The monoisotopic (exact) mass is 318 g/mol. The van der Waals surface area contributed by atoms with Crippen molar-refractivity contribution in [3.8, 4) is 11.5 Å². The number of nitrogen functional groups attached to an aromatic ring is 1. The molecule has 2 aromatic rings. The van der Waals surface area contributed by atoms with Crippen LogP contribution in [-0.2, 0) is 0 Å². The maximum Gasteiger partial charge on any atom is 0.205 e. The van der Waals surface area contributed by atoms with Crippen LogP contribution in [0, 0.1) is 0 Å². The topological polar surface area (TPSA) is 81.8 Å². The maximum absolute atomic E-state index is 5.75. The molecule has 0 spiro atoms. The predicted octanol–water partition coefficient (Wildman–Crippen LogP) is 3.13. The molecular formula is C15H18N4O2S. The molecule has 3 N–H and O–H groups in total. The molecule has 0 saturated carbocycles. The quantitative estimate of drug-likeness (QED) is 0.465. The predicted molar refractivity (Wildman–Crippen MR) is 91.0 cm³/mol. The number of rotatable bonds is 7. The second-order valence-electron chi connectivity index (χ2n) is 4.57. The molecule has 0 radical (unpaired) electrons. The molecule has 1 aromatic heterocycles. The zero-order chi connectivity index (χ0) is 15.9. The van der Waals surface area contributed by atoms with Crippen LogP contribution in [0.1, 0.15) is 12.5 Å². The number of nitrogens with two attached hydrogens (primary N) is 1. The van der Waals surface area contributed by atoms with Gasteiger partial charge in [0.25, 0.3) is 0 Å². The van der Waals surface area contributed by atoms with Gasteiger partial charge in [0.15, 0.2) is 11.5 Å². The molecule has 1 heterocycles. The highest BCUT2D eigenvalue weighted by molar-refractivity contribution is 7.14. The first-order valence-electron chi connectivity index (χ1n) is 6.54. The van der Waals surface area contributed by atoms with Crippen molar-refractivity contribution in [1.82, 2.24) is 4.98 Å². The number of benzene rings is 1. The Morgan fingerprint density at radius 1 is 1.55 bits per heavy atom. The molecule has 2 rings (SSSR count). The van der Waals surface area contributed by atoms with Gasteiger partial charge in [0.2, 0.25) is 5.13 Å². The van der Waals surface area contributed by atoms with E-state index in [1.54, 1.807) is 18.7 Å². The summed E-state index contributed by atoms with van der Waals surface area (Å²) in [5.74, 6) is 1.73. The van der Waals surface area contributed by atoms with Crippen molar-refractivity contribution >= 4 is 28.5 Å². The van der Waals surface area contributed by atoms with Gasteiger partial charge in [0, 0.05) is 10.9 Å². The number of thiazole rings is 1. The second kappa shape index (κ2) is 7.46. The van der Waals surface area contributed by atoms with Gasteiger partial charge in [-0.2, -0.15) is 5.10 Å². The Morgan fingerprint density at radius 3 is 3.00 bits per heavy atom. The van der Waals surface area contributed by atoms with Gasteiger partial charge in [-0.15, -0.1) is 11.3 Å². The summed E-state index contributed by atoms with van der Waals surface area (Å²) in [6, 6.07) is 5.59. The van der Waals surface area contributed by atoms with Crippen LogP contribution >= 0.6 is 11.3 Å². The third-order valence-electron chi connectivity index (χ3n) is 2.58. The SMILES string of the molecule is C=C(C)COc1c(C=NNc2nc(N)cs2)cccc1OC. The van der Waals surface area contributed by atoms with E-state index in [1.165, 1.54) is 11.3 Å². The molecule has 0 aliphatic rings. The van der Waals surface area contributed by atoms with Crippen molar-refractivity contribution in [2.24, 2.45) is 5.10 Å². The highest BCUT2D eigenvalue weighted by Crippen LogP contribution is 2.30. The number of anilines is 2. The Labute approximate surface area is 133 Å². The van der Waals surface area contributed by atoms with Crippen molar-refractivity contribution in [3.63, 3.8) is 0 Å². The van der Waals surface area contributed by atoms with Crippen LogP contribution < -0.4 is 20.6 Å². The lowest BCUT2D eigenvalue weighted by molar-refractivity contribution is 0.319. The summed E-state index contributed by atoms with van der Waals surface area (Å²) in [6.45, 7) is 6.14. The van der Waals surface area contributed by atoms with Crippen LogP contribution in [0.4, 0.5) is 10.9 Å². The number of ether oxygens (including phenoxy) is 2. The van der Waals surface area contributed by atoms with E-state index < -0.39 is 0 Å². The van der Waals surface area contributed by atoms with E-state index >= 15 is 0 Å². The largest absolute Gasteiger partial charge is 0.493 e. The molecule has 0 amide bonds. The van der Waals surface area contributed by atoms with E-state index in [0.717, 1.165) is 11.1 Å². The Morgan fingerprint density at radius 2 is 2.36 bits per heavy atom. The van der Waals surface area contributed by atoms with Crippen LogP contribution in [0.15, 0.2) is 40.8 Å². The summed E-state index contributed by atoms with van der Waals surface area (Å²) in [4.78, 5) is 4.06. The van der Waals surface area contributed by atoms with Gasteiger partial charge in [-0.3, -0.25) is 5.43 Å². The van der Waals surface area contributed by atoms with Gasteiger partial charge >= 0.3 is 0 Å². The summed E-state index contributed by atoms with van der Waals surface area (Å²) in [7, 11) is 1.60. The average Bonchev–Trinajstić information content (AvgIpc) is 2.91. The fourth-order valence-corrected chi connectivity index (χ4v) is 2.19. The maximum atomic E-state index is 5.75. The summed E-state index contributed by atoms with van der Waals surface area (Å²) in [5, 5.41) is 6.51. The van der Waals surface area contributed by atoms with E-state index in [0.29, 0.717) is 29.1 Å². The fraction of sp³-hybridized carbons (Fsp3) is 0.200. The number of nitrogens with zero attached hydrogens (tertiary/aromatic N) is 2. The van der Waals surface area contributed by atoms with E-state index in [9.17, 15) is 0 Å². The standard InChI is InChI=1S/C15H18N4O2S/c1-10(2)8-21-14-11(5-4-6-12(14)20-3)7-17-19-15-18-13(16)9-22-15/h4-7,9H,1,8,16H2,2-3H3,(H,18,19). The van der Waals surface area contributed by atoms with E-state index in [2.05, 4.69) is 22.1 Å². The highest BCUT2D eigenvalue weighted by Gasteiger charge is 2.09. The first-order chi connectivity index (χ1) is 10.6. The van der Waals surface area contributed by atoms with Gasteiger partial charge < -0.3 is 15.2 Å². The van der Waals surface area contributed by atoms with Gasteiger partial charge in [-0.25, -0.2) is 4.98 Å². The van der Waals surface area contributed by atoms with Crippen molar-refractivity contribution < 1.29 is 9.47 Å². The van der Waals surface area contributed by atoms with Crippen molar-refractivity contribution in [3.05, 3.63) is 41.3 Å². The van der Waals surface area contributed by atoms with Gasteiger partial charge in [0.1, 0.15) is 12.4 Å². The van der Waals surface area contributed by atoms with E-state index in [1.807, 2.05) is 25.1 Å². The van der Waals surface area contributed by atoms with E-state index in [4.69, 9.17) is 15.2 Å². The van der Waals surface area contributed by atoms with Crippen LogP contribution in [0.3, 0.4) is 0 Å². The first-order valence-corrected chi connectivity index (χ1v) is 7.42. The molecule has 22 heavy (non-hydrogen) atoms. The minimum atomic E-state index is 0.414. The molecule has 0 aliphatic heterocycles. The molecule has 7 heteroatoms. The van der Waals surface area contributed by atoms with Crippen molar-refractivity contribution in [2.75, 3.05) is 24.9 Å². The van der Waals surface area contributed by atoms with Crippen LogP contribution in [0.25, 0.3) is 0 Å². The van der Waals surface area contributed by atoms with Crippen molar-refractivity contribution in [1.29, 1.82) is 0 Å².